The Balaban J connectivity index is 3.88. The Bertz CT molecular complexity index is 133. The lowest BCUT2D eigenvalue weighted by Crippen LogP contribution is -2.26. The number of ether oxygens (including phenoxy) is 1. The van der Waals surface area contributed by atoms with Crippen LogP contribution in [-0.4, -0.2) is 30.3 Å². The number of alkyl halides is 1. The van der Waals surface area contributed by atoms with E-state index in [4.69, 9.17) is 5.11 Å². The summed E-state index contributed by atoms with van der Waals surface area (Å²) >= 11 is 0. The van der Waals surface area contributed by atoms with Gasteiger partial charge in [0.1, 0.15) is 0 Å². The average Bonchev–Trinajstić information content (AvgIpc) is 1.84. The van der Waals surface area contributed by atoms with Crippen LogP contribution in [0, 0.1) is 0 Å². The van der Waals surface area contributed by atoms with Crippen molar-refractivity contribution < 1.29 is 23.8 Å². The van der Waals surface area contributed by atoms with Crippen molar-refractivity contribution in [2.24, 2.45) is 0 Å². The maximum absolute atomic E-state index is 11.8. The van der Waals surface area contributed by atoms with Crippen LogP contribution in [0.15, 0.2) is 0 Å². The summed E-state index contributed by atoms with van der Waals surface area (Å²) in [5.41, 5.74) is 0. The van der Waals surface area contributed by atoms with E-state index in [2.05, 4.69) is 4.74 Å². The van der Waals surface area contributed by atoms with Crippen LogP contribution in [0.5, 0.6) is 0 Å². The molecule has 0 heterocycles. The zero-order valence-corrected chi connectivity index (χ0v) is 4.63. The van der Waals surface area contributed by atoms with Crippen LogP contribution in [0.25, 0.3) is 0 Å². The van der Waals surface area contributed by atoms with E-state index >= 15 is 0 Å². The number of carbonyl (C=O) groups is 2. The molecule has 0 saturated carbocycles. The summed E-state index contributed by atoms with van der Waals surface area (Å²) in [7, 11) is 0.915. The molecule has 1 atom stereocenters. The van der Waals surface area contributed by atoms with Crippen molar-refractivity contribution in [3.05, 3.63) is 0 Å². The molecule has 52 valence electrons. The smallest absolute Gasteiger partial charge is 0.352 e. The quantitative estimate of drug-likeness (QED) is 0.413. The number of esters is 1. The Labute approximate surface area is 50.2 Å². The van der Waals surface area contributed by atoms with E-state index in [1.54, 1.807) is 0 Å². The second-order valence-electron chi connectivity index (χ2n) is 1.22. The summed E-state index contributed by atoms with van der Waals surface area (Å²) in [6, 6.07) is 0. The Morgan fingerprint density at radius 1 is 1.67 bits per heavy atom. The zero-order chi connectivity index (χ0) is 7.44. The second kappa shape index (κ2) is 3.01. The fourth-order valence-corrected chi connectivity index (χ4v) is 0.204. The summed E-state index contributed by atoms with van der Waals surface area (Å²) in [6.07, 6.45) is -2.56. The van der Waals surface area contributed by atoms with Gasteiger partial charge in [-0.2, -0.15) is 0 Å². The third kappa shape index (κ3) is 2.07. The molecule has 9 heavy (non-hydrogen) atoms. The molecule has 0 bridgehead atoms. The number of hydrogen-bond acceptors (Lipinski definition) is 3. The molecule has 0 aliphatic rings. The van der Waals surface area contributed by atoms with Gasteiger partial charge in [-0.25, -0.2) is 14.0 Å². The first-order valence-electron chi connectivity index (χ1n) is 2.04. The Hall–Kier alpha value is -1.13. The lowest BCUT2D eigenvalue weighted by molar-refractivity contribution is -0.158. The van der Waals surface area contributed by atoms with Gasteiger partial charge in [-0.3, -0.25) is 0 Å². The number of halogens is 1. The van der Waals surface area contributed by atoms with Gasteiger partial charge in [0, 0.05) is 0 Å². The van der Waals surface area contributed by atoms with Crippen LogP contribution in [0.4, 0.5) is 4.39 Å². The zero-order valence-electron chi connectivity index (χ0n) is 4.63. The van der Waals surface area contributed by atoms with Crippen LogP contribution >= 0.6 is 0 Å². The SMILES string of the molecule is COC(=O)C(F)C(=O)O. The van der Waals surface area contributed by atoms with E-state index in [1.807, 2.05) is 0 Å². The summed E-state index contributed by atoms with van der Waals surface area (Å²) in [5.74, 6) is -3.22. The van der Waals surface area contributed by atoms with E-state index in [0.717, 1.165) is 7.11 Å². The molecule has 0 aromatic heterocycles. The van der Waals surface area contributed by atoms with Crippen molar-refractivity contribution in [2.75, 3.05) is 7.11 Å². The number of methoxy groups -OCH3 is 1. The molecule has 0 saturated heterocycles. The maximum Gasteiger partial charge on any atom is 0.352 e. The van der Waals surface area contributed by atoms with Crippen molar-refractivity contribution in [3.63, 3.8) is 0 Å². The topological polar surface area (TPSA) is 63.6 Å². The van der Waals surface area contributed by atoms with Gasteiger partial charge in [-0.05, 0) is 0 Å². The third-order valence-corrected chi connectivity index (χ3v) is 0.625. The molecular weight excluding hydrogens is 131 g/mol. The maximum atomic E-state index is 11.8. The average molecular weight is 136 g/mol. The minimum absolute atomic E-state index is 0.915. The van der Waals surface area contributed by atoms with E-state index in [-0.39, 0.29) is 0 Å². The fraction of sp³-hybridized carbons (Fsp3) is 0.500. The van der Waals surface area contributed by atoms with Gasteiger partial charge < -0.3 is 9.84 Å². The predicted molar refractivity (Wildman–Crippen MR) is 24.5 cm³/mol. The van der Waals surface area contributed by atoms with Crippen molar-refractivity contribution in [3.8, 4) is 0 Å². The lowest BCUT2D eigenvalue weighted by atomic mass is 10.4. The van der Waals surface area contributed by atoms with Crippen LogP contribution in [0.1, 0.15) is 0 Å². The van der Waals surface area contributed by atoms with E-state index < -0.39 is 18.1 Å². The first-order valence-corrected chi connectivity index (χ1v) is 2.04. The molecule has 0 aliphatic heterocycles. The predicted octanol–water partition coefficient (Wildman–Crippen LogP) is -0.418. The number of rotatable bonds is 2. The van der Waals surface area contributed by atoms with Crippen molar-refractivity contribution in [2.45, 2.75) is 6.17 Å². The molecule has 0 amide bonds. The third-order valence-electron chi connectivity index (χ3n) is 0.625. The molecule has 0 radical (unpaired) electrons. The largest absolute Gasteiger partial charge is 0.479 e. The van der Waals surface area contributed by atoms with Gasteiger partial charge in [-0.15, -0.1) is 0 Å². The highest BCUT2D eigenvalue weighted by atomic mass is 19.1. The van der Waals surface area contributed by atoms with Gasteiger partial charge >= 0.3 is 11.9 Å². The van der Waals surface area contributed by atoms with Crippen LogP contribution in [0.3, 0.4) is 0 Å². The highest BCUT2D eigenvalue weighted by Gasteiger charge is 2.25. The molecule has 0 fully saturated rings. The Kier molecular flexibility index (Phi) is 2.63. The number of hydrogen-bond donors (Lipinski definition) is 1. The fourth-order valence-electron chi connectivity index (χ4n) is 0.204. The molecule has 4 nitrogen and oxygen atoms in total. The highest BCUT2D eigenvalue weighted by molar-refractivity contribution is 5.96. The number of carboxylic acids is 1. The van der Waals surface area contributed by atoms with Gasteiger partial charge in [0.2, 0.25) is 0 Å². The molecule has 0 aromatic rings. The summed E-state index contributed by atoms with van der Waals surface area (Å²) < 4.78 is 15.6. The van der Waals surface area contributed by atoms with E-state index in [9.17, 15) is 14.0 Å². The van der Waals surface area contributed by atoms with Crippen molar-refractivity contribution >= 4 is 11.9 Å². The van der Waals surface area contributed by atoms with Crippen LogP contribution in [0.2, 0.25) is 0 Å². The molecule has 0 aliphatic carbocycles. The van der Waals surface area contributed by atoms with Crippen LogP contribution in [-0.2, 0) is 14.3 Å². The van der Waals surface area contributed by atoms with Gasteiger partial charge in [0.25, 0.3) is 6.17 Å². The van der Waals surface area contributed by atoms with Gasteiger partial charge in [0.05, 0.1) is 7.11 Å². The van der Waals surface area contributed by atoms with E-state index in [0.29, 0.717) is 0 Å². The minimum atomic E-state index is -2.56. The summed E-state index contributed by atoms with van der Waals surface area (Å²) in [4.78, 5) is 19.6. The molecular formula is C4H5FO4. The highest BCUT2D eigenvalue weighted by Crippen LogP contribution is 1.92. The van der Waals surface area contributed by atoms with Crippen molar-refractivity contribution in [1.29, 1.82) is 0 Å². The van der Waals surface area contributed by atoms with Crippen LogP contribution < -0.4 is 0 Å². The standard InChI is InChI=1S/C4H5FO4/c1-9-4(8)2(5)3(6)7/h2H,1H3,(H,6,7). The minimum Gasteiger partial charge on any atom is -0.479 e. The summed E-state index contributed by atoms with van der Waals surface area (Å²) in [5, 5.41) is 7.81. The first kappa shape index (κ1) is 7.87. The molecule has 1 unspecified atom stereocenters. The normalized spacial score (nSPS) is 12.2. The number of carboxylic acid groups (broad SMARTS) is 1. The molecule has 0 spiro atoms. The van der Waals surface area contributed by atoms with E-state index in [1.165, 1.54) is 0 Å². The first-order chi connectivity index (χ1) is 4.09. The molecule has 5 heteroatoms. The van der Waals surface area contributed by atoms with Gasteiger partial charge in [-0.1, -0.05) is 0 Å². The second-order valence-corrected chi connectivity index (χ2v) is 1.22. The Morgan fingerprint density at radius 2 is 2.11 bits per heavy atom. The number of aliphatic carboxylic acids is 1. The van der Waals surface area contributed by atoms with Gasteiger partial charge in [0.15, 0.2) is 0 Å². The number of carbonyl (C=O) groups excluding carboxylic acids is 1. The molecule has 0 rings (SSSR count). The lowest BCUT2D eigenvalue weighted by Gasteiger charge is -1.97. The molecule has 1 N–H and O–H groups in total. The monoisotopic (exact) mass is 136 g/mol. The Morgan fingerprint density at radius 3 is 2.22 bits per heavy atom. The molecule has 0 aromatic carbocycles. The van der Waals surface area contributed by atoms with Crippen molar-refractivity contribution in [1.82, 2.24) is 0 Å². The summed E-state index contributed by atoms with van der Waals surface area (Å²) in [6.45, 7) is 0.